The highest BCUT2D eigenvalue weighted by Crippen LogP contribution is 2.48. The lowest BCUT2D eigenvalue weighted by Gasteiger charge is -2.28. The minimum Gasteiger partial charge on any atom is -0.359 e. The van der Waals surface area contributed by atoms with Crippen molar-refractivity contribution in [2.45, 2.75) is 31.6 Å². The van der Waals surface area contributed by atoms with E-state index in [1.165, 1.54) is 25.7 Å². The lowest BCUT2D eigenvalue weighted by molar-refractivity contribution is 0.337. The lowest BCUT2D eigenvalue weighted by atomic mass is 9.88. The fraction of sp³-hybridized carbons (Fsp3) is 0.667. The first-order valence-corrected chi connectivity index (χ1v) is 7.51. The van der Waals surface area contributed by atoms with Crippen LogP contribution < -0.4 is 4.90 Å². The van der Waals surface area contributed by atoms with E-state index in [0.717, 1.165) is 35.7 Å². The van der Waals surface area contributed by atoms with Crippen molar-refractivity contribution in [1.82, 2.24) is 4.98 Å². The summed E-state index contributed by atoms with van der Waals surface area (Å²) in [5.41, 5.74) is 1.15. The molecule has 0 aromatic carbocycles. The van der Waals surface area contributed by atoms with Gasteiger partial charge in [0.2, 0.25) is 0 Å². The topological polar surface area (TPSA) is 16.1 Å². The van der Waals surface area contributed by atoms with Crippen LogP contribution in [0.15, 0.2) is 18.3 Å². The molecule has 2 nitrogen and oxygen atoms in total. The molecule has 0 amide bonds. The second-order valence-electron chi connectivity index (χ2n) is 5.97. The normalized spacial score (nSPS) is 29.8. The molecule has 2 bridgehead atoms. The zero-order valence-corrected chi connectivity index (χ0v) is 11.7. The fourth-order valence-corrected chi connectivity index (χ4v) is 3.96. The van der Waals surface area contributed by atoms with E-state index in [2.05, 4.69) is 23.0 Å². The highest BCUT2D eigenvalue weighted by molar-refractivity contribution is 6.17. The van der Waals surface area contributed by atoms with Gasteiger partial charge in [0.05, 0.1) is 0 Å². The quantitative estimate of drug-likeness (QED) is 0.771. The molecule has 98 valence electrons. The third kappa shape index (κ3) is 2.35. The monoisotopic (exact) mass is 264 g/mol. The molecule has 2 aliphatic rings. The average molecular weight is 265 g/mol. The van der Waals surface area contributed by atoms with Crippen LogP contribution in [0.1, 0.15) is 31.2 Å². The van der Waals surface area contributed by atoms with Crippen LogP contribution >= 0.6 is 11.6 Å². The van der Waals surface area contributed by atoms with Gasteiger partial charge in [-0.25, -0.2) is 4.98 Å². The standard InChI is InChI=1S/C15H21ClN2/c1-18(15-8-12(9-16)4-5-17-15)10-14-7-11-2-3-13(14)6-11/h4-5,8,11,13-14H,2-3,6-7,9-10H2,1H3. The van der Waals surface area contributed by atoms with Gasteiger partial charge in [-0.2, -0.15) is 0 Å². The Labute approximate surface area is 114 Å². The van der Waals surface area contributed by atoms with Crippen molar-refractivity contribution in [3.63, 3.8) is 0 Å². The van der Waals surface area contributed by atoms with Gasteiger partial charge in [-0.3, -0.25) is 0 Å². The first kappa shape index (κ1) is 12.3. The molecule has 0 spiro atoms. The summed E-state index contributed by atoms with van der Waals surface area (Å²) < 4.78 is 0. The summed E-state index contributed by atoms with van der Waals surface area (Å²) in [5, 5.41) is 0. The molecular weight excluding hydrogens is 244 g/mol. The van der Waals surface area contributed by atoms with Crippen LogP contribution in [0.2, 0.25) is 0 Å². The second-order valence-corrected chi connectivity index (χ2v) is 6.24. The Bertz CT molecular complexity index is 421. The van der Waals surface area contributed by atoms with Crippen molar-refractivity contribution >= 4 is 17.4 Å². The van der Waals surface area contributed by atoms with Gasteiger partial charge in [-0.05, 0) is 54.7 Å². The Balaban J connectivity index is 1.65. The number of halogens is 1. The van der Waals surface area contributed by atoms with Crippen molar-refractivity contribution in [3.8, 4) is 0 Å². The molecule has 1 aromatic rings. The number of pyridine rings is 1. The predicted molar refractivity (Wildman–Crippen MR) is 76.0 cm³/mol. The number of fused-ring (bicyclic) bond motifs is 2. The van der Waals surface area contributed by atoms with E-state index >= 15 is 0 Å². The van der Waals surface area contributed by atoms with E-state index in [9.17, 15) is 0 Å². The summed E-state index contributed by atoms with van der Waals surface area (Å²) in [6.07, 6.45) is 7.71. The van der Waals surface area contributed by atoms with Gasteiger partial charge in [0, 0.05) is 25.7 Å². The molecule has 1 aromatic heterocycles. The lowest BCUT2D eigenvalue weighted by Crippen LogP contribution is -2.29. The first-order valence-electron chi connectivity index (χ1n) is 6.98. The molecule has 3 rings (SSSR count). The van der Waals surface area contributed by atoms with Gasteiger partial charge in [0.25, 0.3) is 0 Å². The molecule has 3 unspecified atom stereocenters. The van der Waals surface area contributed by atoms with E-state index in [1.807, 2.05) is 12.3 Å². The maximum Gasteiger partial charge on any atom is 0.128 e. The van der Waals surface area contributed by atoms with E-state index in [1.54, 1.807) is 0 Å². The number of rotatable bonds is 4. The zero-order chi connectivity index (χ0) is 12.5. The van der Waals surface area contributed by atoms with Crippen LogP contribution in [-0.2, 0) is 5.88 Å². The number of anilines is 1. The van der Waals surface area contributed by atoms with Crippen molar-refractivity contribution in [2.75, 3.05) is 18.5 Å². The average Bonchev–Trinajstić information content (AvgIpc) is 3.01. The molecule has 3 heteroatoms. The molecule has 3 atom stereocenters. The number of hydrogen-bond acceptors (Lipinski definition) is 2. The molecule has 1 heterocycles. The zero-order valence-electron chi connectivity index (χ0n) is 11.0. The highest BCUT2D eigenvalue weighted by atomic mass is 35.5. The highest BCUT2D eigenvalue weighted by Gasteiger charge is 2.39. The van der Waals surface area contributed by atoms with Gasteiger partial charge >= 0.3 is 0 Å². The SMILES string of the molecule is CN(CC1CC2CCC1C2)c1cc(CCl)ccn1. The van der Waals surface area contributed by atoms with E-state index in [-0.39, 0.29) is 0 Å². The Morgan fingerprint density at radius 1 is 1.39 bits per heavy atom. The summed E-state index contributed by atoms with van der Waals surface area (Å²) >= 11 is 5.88. The Morgan fingerprint density at radius 2 is 2.28 bits per heavy atom. The number of alkyl halides is 1. The van der Waals surface area contributed by atoms with Gasteiger partial charge in [0.15, 0.2) is 0 Å². The van der Waals surface area contributed by atoms with Crippen LogP contribution in [0.3, 0.4) is 0 Å². The molecule has 0 N–H and O–H groups in total. The second kappa shape index (κ2) is 5.08. The van der Waals surface area contributed by atoms with Crippen molar-refractivity contribution in [2.24, 2.45) is 17.8 Å². The molecule has 2 saturated carbocycles. The molecule has 18 heavy (non-hydrogen) atoms. The van der Waals surface area contributed by atoms with Crippen LogP contribution in [-0.4, -0.2) is 18.6 Å². The molecule has 2 fully saturated rings. The smallest absolute Gasteiger partial charge is 0.128 e. The summed E-state index contributed by atoms with van der Waals surface area (Å²) in [6, 6.07) is 4.10. The van der Waals surface area contributed by atoms with Crippen LogP contribution in [0.4, 0.5) is 5.82 Å². The third-order valence-electron chi connectivity index (χ3n) is 4.75. The maximum absolute atomic E-state index is 5.88. The summed E-state index contributed by atoms with van der Waals surface area (Å²) in [5.74, 6) is 4.52. The van der Waals surface area contributed by atoms with Gasteiger partial charge < -0.3 is 4.90 Å². The van der Waals surface area contributed by atoms with Crippen molar-refractivity contribution < 1.29 is 0 Å². The van der Waals surface area contributed by atoms with Crippen LogP contribution in [0, 0.1) is 17.8 Å². The molecule has 0 aliphatic heterocycles. The summed E-state index contributed by atoms with van der Waals surface area (Å²) in [7, 11) is 2.16. The van der Waals surface area contributed by atoms with Crippen molar-refractivity contribution in [1.29, 1.82) is 0 Å². The molecule has 2 aliphatic carbocycles. The van der Waals surface area contributed by atoms with Gasteiger partial charge in [0.1, 0.15) is 5.82 Å². The van der Waals surface area contributed by atoms with Crippen LogP contribution in [0.25, 0.3) is 0 Å². The Kier molecular flexibility index (Phi) is 3.47. The van der Waals surface area contributed by atoms with E-state index in [4.69, 9.17) is 11.6 Å². The van der Waals surface area contributed by atoms with Gasteiger partial charge in [-0.15, -0.1) is 11.6 Å². The minimum atomic E-state index is 0.567. The molecular formula is C15H21ClN2. The largest absolute Gasteiger partial charge is 0.359 e. The number of hydrogen-bond donors (Lipinski definition) is 0. The Morgan fingerprint density at radius 3 is 2.94 bits per heavy atom. The van der Waals surface area contributed by atoms with Crippen LogP contribution in [0.5, 0.6) is 0 Å². The minimum absolute atomic E-state index is 0.567. The maximum atomic E-state index is 5.88. The van der Waals surface area contributed by atoms with E-state index < -0.39 is 0 Å². The fourth-order valence-electron chi connectivity index (χ4n) is 3.80. The molecule has 0 saturated heterocycles. The number of nitrogens with zero attached hydrogens (tertiary/aromatic N) is 2. The summed E-state index contributed by atoms with van der Waals surface area (Å²) in [6.45, 7) is 1.15. The Hall–Kier alpha value is -0.760. The number of aromatic nitrogens is 1. The first-order chi connectivity index (χ1) is 8.76. The summed E-state index contributed by atoms with van der Waals surface area (Å²) in [4.78, 5) is 6.77. The van der Waals surface area contributed by atoms with Gasteiger partial charge in [-0.1, -0.05) is 6.42 Å². The molecule has 0 radical (unpaired) electrons. The van der Waals surface area contributed by atoms with Crippen molar-refractivity contribution in [3.05, 3.63) is 23.9 Å². The third-order valence-corrected chi connectivity index (χ3v) is 5.06. The predicted octanol–water partition coefficient (Wildman–Crippen LogP) is 3.69. The van der Waals surface area contributed by atoms with E-state index in [0.29, 0.717) is 5.88 Å².